The number of hydrogen-bond acceptors (Lipinski definition) is 3. The fourth-order valence-corrected chi connectivity index (χ4v) is 5.17. The molecule has 1 atom stereocenters. The van der Waals surface area contributed by atoms with E-state index in [1.54, 1.807) is 0 Å². The van der Waals surface area contributed by atoms with Crippen molar-refractivity contribution in [2.45, 2.75) is 45.1 Å². The van der Waals surface area contributed by atoms with Crippen LogP contribution in [0.3, 0.4) is 0 Å². The summed E-state index contributed by atoms with van der Waals surface area (Å²) >= 11 is 0. The molecular formula is C22H33N3O. The third-order valence-corrected chi connectivity index (χ3v) is 6.64. The molecule has 0 aliphatic carbocycles. The Morgan fingerprint density at radius 2 is 1.58 bits per heavy atom. The zero-order valence-electron chi connectivity index (χ0n) is 16.0. The molecule has 3 heterocycles. The lowest BCUT2D eigenvalue weighted by Gasteiger charge is -2.48. The van der Waals surface area contributed by atoms with E-state index in [0.717, 1.165) is 25.9 Å². The second-order valence-electron chi connectivity index (χ2n) is 8.66. The molecule has 3 fully saturated rings. The van der Waals surface area contributed by atoms with Crippen LogP contribution in [-0.4, -0.2) is 66.4 Å². The van der Waals surface area contributed by atoms with Crippen LogP contribution in [0.25, 0.3) is 0 Å². The van der Waals surface area contributed by atoms with Crippen molar-refractivity contribution in [1.29, 1.82) is 0 Å². The Balaban J connectivity index is 1.36. The SMILES string of the molecule is O=C1CCC2(CCCN(CCN3CCCC3)C2)CN1Cc1ccccc1. The van der Waals surface area contributed by atoms with Crippen LogP contribution in [0.2, 0.25) is 0 Å². The van der Waals surface area contributed by atoms with Crippen molar-refractivity contribution < 1.29 is 4.79 Å². The Morgan fingerprint density at radius 1 is 0.846 bits per heavy atom. The average molecular weight is 356 g/mol. The van der Waals surface area contributed by atoms with Crippen LogP contribution in [0.4, 0.5) is 0 Å². The Morgan fingerprint density at radius 3 is 2.38 bits per heavy atom. The molecule has 3 saturated heterocycles. The van der Waals surface area contributed by atoms with Gasteiger partial charge in [-0.15, -0.1) is 0 Å². The van der Waals surface area contributed by atoms with Gasteiger partial charge in [-0.1, -0.05) is 30.3 Å². The highest BCUT2D eigenvalue weighted by Gasteiger charge is 2.41. The molecule has 3 aliphatic heterocycles. The van der Waals surface area contributed by atoms with Crippen molar-refractivity contribution in [3.05, 3.63) is 35.9 Å². The molecule has 0 aromatic heterocycles. The van der Waals surface area contributed by atoms with Crippen LogP contribution >= 0.6 is 0 Å². The molecule has 142 valence electrons. The lowest BCUT2D eigenvalue weighted by molar-refractivity contribution is -0.140. The summed E-state index contributed by atoms with van der Waals surface area (Å²) in [6.45, 7) is 9.14. The second-order valence-corrected chi connectivity index (χ2v) is 8.66. The number of piperidine rings is 2. The Labute approximate surface area is 158 Å². The minimum absolute atomic E-state index is 0.325. The summed E-state index contributed by atoms with van der Waals surface area (Å²) in [5.41, 5.74) is 1.57. The number of likely N-dealkylation sites (tertiary alicyclic amines) is 3. The fraction of sp³-hybridized carbons (Fsp3) is 0.682. The molecule has 3 aliphatic rings. The van der Waals surface area contributed by atoms with Gasteiger partial charge in [0.1, 0.15) is 0 Å². The molecular weight excluding hydrogens is 322 g/mol. The topological polar surface area (TPSA) is 26.8 Å². The zero-order chi connectivity index (χ0) is 17.8. The van der Waals surface area contributed by atoms with Crippen LogP contribution in [0, 0.1) is 5.41 Å². The number of amides is 1. The largest absolute Gasteiger partial charge is 0.338 e. The van der Waals surface area contributed by atoms with Gasteiger partial charge < -0.3 is 14.7 Å². The Bertz CT molecular complexity index is 599. The number of rotatable bonds is 5. The molecule has 0 saturated carbocycles. The maximum atomic E-state index is 12.5. The fourth-order valence-electron chi connectivity index (χ4n) is 5.17. The van der Waals surface area contributed by atoms with Crippen LogP contribution < -0.4 is 0 Å². The summed E-state index contributed by atoms with van der Waals surface area (Å²) in [5, 5.41) is 0. The predicted octanol–water partition coefficient (Wildman–Crippen LogP) is 2.99. The summed E-state index contributed by atoms with van der Waals surface area (Å²) < 4.78 is 0. The minimum atomic E-state index is 0.325. The van der Waals surface area contributed by atoms with Crippen LogP contribution in [-0.2, 0) is 11.3 Å². The highest BCUT2D eigenvalue weighted by Crippen LogP contribution is 2.39. The normalized spacial score (nSPS) is 28.2. The average Bonchev–Trinajstić information content (AvgIpc) is 3.18. The molecule has 0 bridgehead atoms. The van der Waals surface area contributed by atoms with Crippen LogP contribution in [0.15, 0.2) is 30.3 Å². The Hall–Kier alpha value is -1.39. The van der Waals surface area contributed by atoms with Crippen molar-refractivity contribution in [3.63, 3.8) is 0 Å². The molecule has 1 amide bonds. The minimum Gasteiger partial charge on any atom is -0.338 e. The van der Waals surface area contributed by atoms with Crippen LogP contribution in [0.1, 0.15) is 44.1 Å². The summed E-state index contributed by atoms with van der Waals surface area (Å²) in [7, 11) is 0. The molecule has 1 spiro atoms. The number of benzene rings is 1. The van der Waals surface area contributed by atoms with Gasteiger partial charge >= 0.3 is 0 Å². The maximum Gasteiger partial charge on any atom is 0.222 e. The van der Waals surface area contributed by atoms with E-state index in [1.165, 1.54) is 70.5 Å². The number of hydrogen-bond donors (Lipinski definition) is 0. The van der Waals surface area contributed by atoms with Gasteiger partial charge in [-0.25, -0.2) is 0 Å². The zero-order valence-corrected chi connectivity index (χ0v) is 16.0. The van der Waals surface area contributed by atoms with Crippen molar-refractivity contribution in [2.24, 2.45) is 5.41 Å². The lowest BCUT2D eigenvalue weighted by atomic mass is 9.73. The Kier molecular flexibility index (Phi) is 5.60. The van der Waals surface area contributed by atoms with E-state index in [4.69, 9.17) is 0 Å². The van der Waals surface area contributed by atoms with Gasteiger partial charge in [-0.2, -0.15) is 0 Å². The number of nitrogens with zero attached hydrogens (tertiary/aromatic N) is 3. The molecule has 1 aromatic carbocycles. The van der Waals surface area contributed by atoms with E-state index < -0.39 is 0 Å². The molecule has 0 N–H and O–H groups in total. The van der Waals surface area contributed by atoms with Gasteiger partial charge in [0.25, 0.3) is 0 Å². The highest BCUT2D eigenvalue weighted by molar-refractivity contribution is 5.77. The summed E-state index contributed by atoms with van der Waals surface area (Å²) in [4.78, 5) is 19.9. The van der Waals surface area contributed by atoms with E-state index in [1.807, 2.05) is 6.07 Å². The van der Waals surface area contributed by atoms with E-state index in [-0.39, 0.29) is 0 Å². The van der Waals surface area contributed by atoms with Crippen molar-refractivity contribution >= 4 is 5.91 Å². The van der Waals surface area contributed by atoms with Crippen molar-refractivity contribution in [3.8, 4) is 0 Å². The molecule has 4 rings (SSSR count). The van der Waals surface area contributed by atoms with Gasteiger partial charge in [-0.3, -0.25) is 4.79 Å². The molecule has 1 aromatic rings. The first-order valence-corrected chi connectivity index (χ1v) is 10.5. The number of carbonyl (C=O) groups is 1. The molecule has 0 radical (unpaired) electrons. The lowest BCUT2D eigenvalue weighted by Crippen LogP contribution is -2.54. The smallest absolute Gasteiger partial charge is 0.222 e. The third kappa shape index (κ3) is 4.29. The summed E-state index contributed by atoms with van der Waals surface area (Å²) in [6, 6.07) is 10.5. The van der Waals surface area contributed by atoms with Gasteiger partial charge in [0.2, 0.25) is 5.91 Å². The van der Waals surface area contributed by atoms with Crippen molar-refractivity contribution in [2.75, 3.05) is 45.8 Å². The molecule has 1 unspecified atom stereocenters. The summed E-state index contributed by atoms with van der Waals surface area (Å²) in [6.07, 6.45) is 7.13. The monoisotopic (exact) mass is 355 g/mol. The quantitative estimate of drug-likeness (QED) is 0.812. The van der Waals surface area contributed by atoms with E-state index in [0.29, 0.717) is 11.3 Å². The van der Waals surface area contributed by atoms with Gasteiger partial charge in [-0.05, 0) is 57.3 Å². The highest BCUT2D eigenvalue weighted by atomic mass is 16.2. The van der Waals surface area contributed by atoms with Gasteiger partial charge in [0.05, 0.1) is 0 Å². The third-order valence-electron chi connectivity index (χ3n) is 6.64. The van der Waals surface area contributed by atoms with Gasteiger partial charge in [0.15, 0.2) is 0 Å². The van der Waals surface area contributed by atoms with Gasteiger partial charge in [0, 0.05) is 44.6 Å². The second kappa shape index (κ2) is 8.10. The number of carbonyl (C=O) groups excluding carboxylic acids is 1. The maximum absolute atomic E-state index is 12.5. The molecule has 26 heavy (non-hydrogen) atoms. The van der Waals surface area contributed by atoms with E-state index in [9.17, 15) is 4.79 Å². The first kappa shape index (κ1) is 18.0. The first-order valence-electron chi connectivity index (χ1n) is 10.5. The summed E-state index contributed by atoms with van der Waals surface area (Å²) in [5.74, 6) is 0.341. The van der Waals surface area contributed by atoms with E-state index in [2.05, 4.69) is 39.0 Å². The van der Waals surface area contributed by atoms with Crippen LogP contribution in [0.5, 0.6) is 0 Å². The first-order chi connectivity index (χ1) is 12.7. The molecule has 4 heteroatoms. The van der Waals surface area contributed by atoms with Crippen molar-refractivity contribution in [1.82, 2.24) is 14.7 Å². The predicted molar refractivity (Wildman–Crippen MR) is 105 cm³/mol. The standard InChI is InChI=1S/C22H33N3O/c26-21-9-11-22(19-25(21)17-20-7-2-1-3-8-20)10-6-14-24(18-22)16-15-23-12-4-5-13-23/h1-3,7-8H,4-6,9-19H2. The molecule has 4 nitrogen and oxygen atoms in total. The van der Waals surface area contributed by atoms with E-state index >= 15 is 0 Å².